The highest BCUT2D eigenvalue weighted by Crippen LogP contribution is 2.57. The third-order valence-electron chi connectivity index (χ3n) is 6.01. The van der Waals surface area contributed by atoms with Crippen molar-refractivity contribution < 1.29 is 5.11 Å². The largest absolute Gasteiger partial charge is 0.393 e. The van der Waals surface area contributed by atoms with Crippen molar-refractivity contribution in [3.63, 3.8) is 0 Å². The van der Waals surface area contributed by atoms with Gasteiger partial charge < -0.3 is 5.11 Å². The van der Waals surface area contributed by atoms with Crippen LogP contribution in [0.15, 0.2) is 29.8 Å². The van der Waals surface area contributed by atoms with E-state index in [0.717, 1.165) is 19.3 Å². The minimum atomic E-state index is -0.0799. The molecule has 0 bridgehead atoms. The molecule has 0 unspecified atom stereocenters. The van der Waals surface area contributed by atoms with Crippen LogP contribution in [0.25, 0.3) is 5.57 Å². The zero-order valence-corrected chi connectivity index (χ0v) is 15.7. The number of aryl methyl sites for hydroxylation is 1. The van der Waals surface area contributed by atoms with Gasteiger partial charge in [-0.1, -0.05) is 64.5 Å². The first-order valence-corrected chi connectivity index (χ1v) is 9.68. The lowest BCUT2D eigenvalue weighted by atomic mass is 9.62. The smallest absolute Gasteiger partial charge is 0.0599 e. The number of rotatable bonds is 0. The van der Waals surface area contributed by atoms with Crippen LogP contribution >= 0.6 is 0 Å². The van der Waals surface area contributed by atoms with E-state index in [1.165, 1.54) is 30.4 Å². The molecule has 128 valence electrons. The molecule has 1 fully saturated rings. The molecule has 0 aliphatic heterocycles. The first-order valence-electron chi connectivity index (χ1n) is 9.68. The van der Waals surface area contributed by atoms with Gasteiger partial charge in [-0.25, -0.2) is 0 Å². The number of aliphatic hydroxyl groups excluding tert-OH is 1. The van der Waals surface area contributed by atoms with Gasteiger partial charge in [0.15, 0.2) is 0 Å². The third kappa shape index (κ3) is 3.01. The summed E-state index contributed by atoms with van der Waals surface area (Å²) >= 11 is 0. The maximum atomic E-state index is 10.3. The van der Waals surface area contributed by atoms with Gasteiger partial charge in [-0.05, 0) is 61.1 Å². The number of aliphatic hydroxyl groups is 1. The third-order valence-corrected chi connectivity index (χ3v) is 6.01. The number of hydrogen-bond donors (Lipinski definition) is 1. The van der Waals surface area contributed by atoms with Gasteiger partial charge in [0.25, 0.3) is 0 Å². The number of hydrogen-bond acceptors (Lipinski definition) is 1. The van der Waals surface area contributed by atoms with Crippen LogP contribution in [-0.4, -0.2) is 11.2 Å². The van der Waals surface area contributed by atoms with Crippen LogP contribution in [0.2, 0.25) is 0 Å². The number of benzene rings is 1. The summed E-state index contributed by atoms with van der Waals surface area (Å²) in [6.45, 7) is 10.3. The monoisotopic (exact) mass is 314 g/mol. The molecule has 3 aliphatic rings. The maximum Gasteiger partial charge on any atom is 0.0599 e. The van der Waals surface area contributed by atoms with Crippen molar-refractivity contribution in [2.45, 2.75) is 79.2 Å². The van der Waals surface area contributed by atoms with Crippen molar-refractivity contribution in [2.75, 3.05) is 0 Å². The van der Waals surface area contributed by atoms with E-state index in [1.54, 1.807) is 11.1 Å². The Morgan fingerprint density at radius 1 is 0.957 bits per heavy atom. The highest BCUT2D eigenvalue weighted by Gasteiger charge is 2.50. The van der Waals surface area contributed by atoms with Crippen molar-refractivity contribution >= 4 is 5.57 Å². The van der Waals surface area contributed by atoms with Crippen LogP contribution in [0.1, 0.15) is 77.8 Å². The van der Waals surface area contributed by atoms with Crippen LogP contribution in [-0.2, 0) is 6.42 Å². The number of fused-ring (bicyclic) bond motifs is 4. The predicted octanol–water partition coefficient (Wildman–Crippen LogP) is 6.01. The Labute approximate surface area is 142 Å². The van der Waals surface area contributed by atoms with E-state index in [1.807, 2.05) is 27.7 Å². The summed E-state index contributed by atoms with van der Waals surface area (Å²) in [5.41, 5.74) is 6.50. The molecule has 0 aromatic heterocycles. The first-order chi connectivity index (χ1) is 11.2. The highest BCUT2D eigenvalue weighted by molar-refractivity contribution is 5.74. The van der Waals surface area contributed by atoms with Gasteiger partial charge in [-0.2, -0.15) is 0 Å². The van der Waals surface area contributed by atoms with Crippen molar-refractivity contribution in [3.8, 4) is 0 Å². The Hall–Kier alpha value is -1.08. The molecule has 1 aromatic rings. The molecule has 1 nitrogen and oxygen atoms in total. The molecule has 3 atom stereocenters. The lowest BCUT2D eigenvalue weighted by Gasteiger charge is -2.43. The van der Waals surface area contributed by atoms with Crippen LogP contribution < -0.4 is 0 Å². The molecule has 1 aromatic carbocycles. The second-order valence-electron chi connectivity index (χ2n) is 6.81. The van der Waals surface area contributed by atoms with Gasteiger partial charge in [0.2, 0.25) is 0 Å². The first kappa shape index (κ1) is 18.3. The highest BCUT2D eigenvalue weighted by atomic mass is 16.3. The van der Waals surface area contributed by atoms with Gasteiger partial charge in [-0.3, -0.25) is 0 Å². The van der Waals surface area contributed by atoms with Crippen molar-refractivity contribution in [2.24, 2.45) is 11.3 Å². The fraction of sp³-hybridized carbons (Fsp3) is 0.636. The molecule has 0 saturated heterocycles. The standard InChI is InChI=1S/C18H22O.2C2H6/c1-18-11-10-14-13-5-3-2-4-12(13)6-7-15(14)16(18)8-9-17(18)19;2*1-2/h2-5,16-17,19H,6-11H2,1H3;2*1-2H3/t16-,17+,18-;;/m1../s1. The molecule has 23 heavy (non-hydrogen) atoms. The van der Waals surface area contributed by atoms with E-state index in [0.29, 0.717) is 5.92 Å². The van der Waals surface area contributed by atoms with Crippen molar-refractivity contribution in [1.82, 2.24) is 0 Å². The van der Waals surface area contributed by atoms with E-state index in [4.69, 9.17) is 0 Å². The summed E-state index contributed by atoms with van der Waals surface area (Å²) in [6.07, 6.45) is 6.85. The molecule has 1 N–H and O–H groups in total. The minimum absolute atomic E-state index is 0.0799. The predicted molar refractivity (Wildman–Crippen MR) is 100 cm³/mol. The SMILES string of the molecule is CC.CC.C[C@@]12CCC3=C(CCc4ccccc43)[C@H]1CC[C@@H]2O. The lowest BCUT2D eigenvalue weighted by Crippen LogP contribution is -2.37. The quantitative estimate of drug-likeness (QED) is 0.621. The Kier molecular flexibility index (Phi) is 6.08. The second kappa shape index (κ2) is 7.66. The Bertz CT molecular complexity index is 557. The van der Waals surface area contributed by atoms with Gasteiger partial charge in [-0.15, -0.1) is 0 Å². The molecule has 0 radical (unpaired) electrons. The molecule has 0 spiro atoms. The Morgan fingerprint density at radius 2 is 1.65 bits per heavy atom. The summed E-state index contributed by atoms with van der Waals surface area (Å²) in [5, 5.41) is 10.3. The van der Waals surface area contributed by atoms with Crippen LogP contribution in [0.5, 0.6) is 0 Å². The molecular weight excluding hydrogens is 280 g/mol. The van der Waals surface area contributed by atoms with E-state index in [2.05, 4.69) is 31.2 Å². The van der Waals surface area contributed by atoms with Gasteiger partial charge in [0, 0.05) is 5.41 Å². The van der Waals surface area contributed by atoms with Crippen LogP contribution in [0.3, 0.4) is 0 Å². The average molecular weight is 315 g/mol. The zero-order chi connectivity index (χ0) is 17.0. The van der Waals surface area contributed by atoms with Crippen LogP contribution in [0.4, 0.5) is 0 Å². The Morgan fingerprint density at radius 3 is 2.39 bits per heavy atom. The molecule has 0 heterocycles. The summed E-state index contributed by atoms with van der Waals surface area (Å²) in [5.74, 6) is 0.639. The van der Waals surface area contributed by atoms with Gasteiger partial charge >= 0.3 is 0 Å². The van der Waals surface area contributed by atoms with Gasteiger partial charge in [0.05, 0.1) is 6.10 Å². The maximum absolute atomic E-state index is 10.3. The van der Waals surface area contributed by atoms with E-state index >= 15 is 0 Å². The summed E-state index contributed by atoms with van der Waals surface area (Å²) in [6, 6.07) is 8.93. The normalized spacial score (nSPS) is 30.9. The summed E-state index contributed by atoms with van der Waals surface area (Å²) in [4.78, 5) is 0. The van der Waals surface area contributed by atoms with E-state index < -0.39 is 0 Å². The fourth-order valence-corrected chi connectivity index (χ4v) is 4.83. The molecular formula is C22H34O. The fourth-order valence-electron chi connectivity index (χ4n) is 4.83. The van der Waals surface area contributed by atoms with Crippen molar-refractivity contribution in [1.29, 1.82) is 0 Å². The average Bonchev–Trinajstić information content (AvgIpc) is 2.93. The number of allylic oxidation sites excluding steroid dienone is 2. The zero-order valence-electron chi connectivity index (χ0n) is 15.7. The molecule has 0 amide bonds. The van der Waals surface area contributed by atoms with Gasteiger partial charge in [0.1, 0.15) is 0 Å². The molecule has 4 rings (SSSR count). The van der Waals surface area contributed by atoms with E-state index in [9.17, 15) is 5.11 Å². The van der Waals surface area contributed by atoms with Crippen LogP contribution in [0, 0.1) is 11.3 Å². The minimum Gasteiger partial charge on any atom is -0.393 e. The lowest BCUT2D eigenvalue weighted by molar-refractivity contribution is 0.0379. The Balaban J connectivity index is 0.000000448. The van der Waals surface area contributed by atoms with Crippen molar-refractivity contribution in [3.05, 3.63) is 41.0 Å². The van der Waals surface area contributed by atoms with E-state index in [-0.39, 0.29) is 11.5 Å². The molecule has 1 saturated carbocycles. The molecule has 3 aliphatic carbocycles. The topological polar surface area (TPSA) is 20.2 Å². The molecule has 1 heteroatoms. The second-order valence-corrected chi connectivity index (χ2v) is 6.81. The summed E-state index contributed by atoms with van der Waals surface area (Å²) in [7, 11) is 0. The summed E-state index contributed by atoms with van der Waals surface area (Å²) < 4.78 is 0.